The molecule has 2 aromatic carbocycles. The van der Waals surface area contributed by atoms with Crippen LogP contribution in [0.15, 0.2) is 42.5 Å². The molecule has 0 radical (unpaired) electrons. The molecule has 2 aromatic rings. The normalized spacial score (nSPS) is 10.1. The highest BCUT2D eigenvalue weighted by molar-refractivity contribution is 14.1. The number of carbonyl (C=O) groups excluding carboxylic acids is 2. The second-order valence-corrected chi connectivity index (χ2v) is 5.84. The van der Waals surface area contributed by atoms with Crippen molar-refractivity contribution in [2.45, 2.75) is 6.92 Å². The minimum absolute atomic E-state index is 0.194. The quantitative estimate of drug-likeness (QED) is 0.617. The Morgan fingerprint density at radius 1 is 1.18 bits per heavy atom. The van der Waals surface area contributed by atoms with Crippen molar-refractivity contribution in [3.63, 3.8) is 0 Å². The predicted octanol–water partition coefficient (Wildman–Crippen LogP) is 3.53. The second kappa shape index (κ2) is 7.35. The summed E-state index contributed by atoms with van der Waals surface area (Å²) in [6, 6.07) is 10.5. The van der Waals surface area contributed by atoms with E-state index in [1.807, 2.05) is 19.1 Å². The lowest BCUT2D eigenvalue weighted by molar-refractivity contribution is -0.119. The van der Waals surface area contributed by atoms with E-state index in [1.165, 1.54) is 12.1 Å². The average Bonchev–Trinajstić information content (AvgIpc) is 2.48. The third-order valence-electron chi connectivity index (χ3n) is 2.88. The van der Waals surface area contributed by atoms with Gasteiger partial charge in [0.2, 0.25) is 0 Å². The molecule has 4 nitrogen and oxygen atoms in total. The van der Waals surface area contributed by atoms with Crippen molar-refractivity contribution in [2.24, 2.45) is 0 Å². The first-order valence-electron chi connectivity index (χ1n) is 6.44. The van der Waals surface area contributed by atoms with Crippen LogP contribution in [0.3, 0.4) is 0 Å². The summed E-state index contributed by atoms with van der Waals surface area (Å²) >= 11 is 2.18. The summed E-state index contributed by atoms with van der Waals surface area (Å²) in [5.74, 6) is -1.54. The predicted molar refractivity (Wildman–Crippen MR) is 89.2 cm³/mol. The monoisotopic (exact) mass is 413 g/mol. The highest BCUT2D eigenvalue weighted by Gasteiger charge is 2.11. The zero-order valence-electron chi connectivity index (χ0n) is 11.7. The van der Waals surface area contributed by atoms with E-state index in [-0.39, 0.29) is 5.56 Å². The molecule has 2 rings (SSSR count). The Hall–Kier alpha value is -1.96. The second-order valence-electron chi connectivity index (χ2n) is 4.59. The number of rotatable bonds is 4. The molecule has 0 heterocycles. The van der Waals surface area contributed by atoms with E-state index in [9.17, 15) is 14.0 Å². The first-order valence-corrected chi connectivity index (χ1v) is 7.52. The van der Waals surface area contributed by atoms with Gasteiger partial charge in [-0.3, -0.25) is 4.79 Å². The number of halogens is 2. The maximum Gasteiger partial charge on any atom is 0.338 e. The Kier molecular flexibility index (Phi) is 5.48. The molecular weight excluding hydrogens is 400 g/mol. The summed E-state index contributed by atoms with van der Waals surface area (Å²) in [7, 11) is 0. The molecule has 6 heteroatoms. The molecule has 0 aliphatic rings. The van der Waals surface area contributed by atoms with Gasteiger partial charge >= 0.3 is 5.97 Å². The number of aryl methyl sites for hydroxylation is 1. The van der Waals surface area contributed by atoms with Gasteiger partial charge in [0.25, 0.3) is 5.91 Å². The third-order valence-corrected chi connectivity index (χ3v) is 3.55. The maximum absolute atomic E-state index is 12.8. The summed E-state index contributed by atoms with van der Waals surface area (Å²) in [6.45, 7) is 1.48. The Bertz CT molecular complexity index is 701. The fourth-order valence-corrected chi connectivity index (χ4v) is 2.40. The van der Waals surface area contributed by atoms with Gasteiger partial charge in [0, 0.05) is 9.26 Å². The van der Waals surface area contributed by atoms with Crippen molar-refractivity contribution in [3.8, 4) is 0 Å². The molecule has 0 saturated carbocycles. The fourth-order valence-electron chi connectivity index (χ4n) is 1.75. The van der Waals surface area contributed by atoms with Crippen LogP contribution in [0.25, 0.3) is 0 Å². The molecule has 0 atom stereocenters. The van der Waals surface area contributed by atoms with Crippen molar-refractivity contribution in [3.05, 3.63) is 63.0 Å². The molecule has 114 valence electrons. The van der Waals surface area contributed by atoms with Crippen LogP contribution in [-0.2, 0) is 9.53 Å². The number of carbonyl (C=O) groups is 2. The van der Waals surface area contributed by atoms with Crippen molar-refractivity contribution < 1.29 is 18.7 Å². The number of hydrogen-bond acceptors (Lipinski definition) is 3. The lowest BCUT2D eigenvalue weighted by Crippen LogP contribution is -2.21. The summed E-state index contributed by atoms with van der Waals surface area (Å²) in [4.78, 5) is 23.5. The molecule has 0 aliphatic carbocycles. The Morgan fingerprint density at radius 2 is 1.86 bits per heavy atom. The fraction of sp³-hybridized carbons (Fsp3) is 0.125. The number of benzene rings is 2. The minimum Gasteiger partial charge on any atom is -0.452 e. The van der Waals surface area contributed by atoms with Crippen molar-refractivity contribution in [1.82, 2.24) is 0 Å². The number of hydrogen-bond donors (Lipinski definition) is 1. The molecule has 0 aliphatic heterocycles. The topological polar surface area (TPSA) is 55.4 Å². The molecule has 0 fully saturated rings. The summed E-state index contributed by atoms with van der Waals surface area (Å²) in [6.07, 6.45) is 0. The molecule has 0 aromatic heterocycles. The molecule has 1 amide bonds. The Morgan fingerprint density at radius 3 is 2.50 bits per heavy atom. The van der Waals surface area contributed by atoms with Gasteiger partial charge in [-0.2, -0.15) is 0 Å². The highest BCUT2D eigenvalue weighted by atomic mass is 127. The van der Waals surface area contributed by atoms with E-state index in [1.54, 1.807) is 6.07 Å². The van der Waals surface area contributed by atoms with Gasteiger partial charge in [-0.05, 0) is 77.5 Å². The lowest BCUT2D eigenvalue weighted by Gasteiger charge is -2.09. The average molecular weight is 413 g/mol. The van der Waals surface area contributed by atoms with E-state index in [0.717, 1.165) is 21.3 Å². The van der Waals surface area contributed by atoms with Gasteiger partial charge in [-0.25, -0.2) is 9.18 Å². The summed E-state index contributed by atoms with van der Waals surface area (Å²) < 4.78 is 18.7. The first-order chi connectivity index (χ1) is 10.5. The highest BCUT2D eigenvalue weighted by Crippen LogP contribution is 2.17. The van der Waals surface area contributed by atoms with Gasteiger partial charge < -0.3 is 10.1 Å². The van der Waals surface area contributed by atoms with Crippen LogP contribution in [0.1, 0.15) is 15.9 Å². The number of nitrogens with one attached hydrogen (secondary N) is 1. The zero-order valence-corrected chi connectivity index (χ0v) is 13.9. The Balaban J connectivity index is 1.89. The van der Waals surface area contributed by atoms with Gasteiger partial charge in [-0.15, -0.1) is 0 Å². The van der Waals surface area contributed by atoms with Gasteiger partial charge in [0.15, 0.2) is 6.61 Å². The number of amides is 1. The minimum atomic E-state index is -0.672. The molecule has 0 saturated heterocycles. The molecule has 0 spiro atoms. The van der Waals surface area contributed by atoms with Crippen molar-refractivity contribution in [2.75, 3.05) is 11.9 Å². The van der Waals surface area contributed by atoms with Crippen LogP contribution < -0.4 is 5.32 Å². The van der Waals surface area contributed by atoms with Crippen LogP contribution in [0, 0.1) is 16.3 Å². The molecule has 1 N–H and O–H groups in total. The molecular formula is C16H13FINO3. The van der Waals surface area contributed by atoms with Crippen molar-refractivity contribution >= 4 is 40.2 Å². The lowest BCUT2D eigenvalue weighted by atomic mass is 10.2. The Labute approximate surface area is 140 Å². The van der Waals surface area contributed by atoms with Crippen LogP contribution >= 0.6 is 22.6 Å². The molecule has 22 heavy (non-hydrogen) atoms. The molecule has 0 unspecified atom stereocenters. The van der Waals surface area contributed by atoms with Gasteiger partial charge in [0.05, 0.1) is 5.56 Å². The van der Waals surface area contributed by atoms with Gasteiger partial charge in [-0.1, -0.05) is 0 Å². The zero-order chi connectivity index (χ0) is 16.1. The van der Waals surface area contributed by atoms with E-state index in [4.69, 9.17) is 4.74 Å². The van der Waals surface area contributed by atoms with E-state index in [2.05, 4.69) is 27.9 Å². The first kappa shape index (κ1) is 16.4. The van der Waals surface area contributed by atoms with Crippen LogP contribution in [0.4, 0.5) is 10.1 Å². The molecule has 0 bridgehead atoms. The largest absolute Gasteiger partial charge is 0.452 e. The number of anilines is 1. The van der Waals surface area contributed by atoms with E-state index in [0.29, 0.717) is 5.69 Å². The summed E-state index contributed by atoms with van der Waals surface area (Å²) in [5.41, 5.74) is 1.79. The SMILES string of the molecule is Cc1cc(I)ccc1NC(=O)COC(=O)c1ccc(F)cc1. The maximum atomic E-state index is 12.8. The van der Waals surface area contributed by atoms with Crippen LogP contribution in [0.2, 0.25) is 0 Å². The summed E-state index contributed by atoms with van der Waals surface area (Å²) in [5, 5.41) is 2.67. The van der Waals surface area contributed by atoms with Gasteiger partial charge in [0.1, 0.15) is 5.82 Å². The number of esters is 1. The van der Waals surface area contributed by atoms with E-state index < -0.39 is 24.3 Å². The standard InChI is InChI=1S/C16H13FINO3/c1-10-8-13(18)6-7-14(10)19-15(20)9-22-16(21)11-2-4-12(17)5-3-11/h2-8H,9H2,1H3,(H,19,20). The third kappa shape index (κ3) is 4.52. The number of ether oxygens (including phenoxy) is 1. The smallest absolute Gasteiger partial charge is 0.338 e. The van der Waals surface area contributed by atoms with Crippen LogP contribution in [0.5, 0.6) is 0 Å². The van der Waals surface area contributed by atoms with Crippen molar-refractivity contribution in [1.29, 1.82) is 0 Å². The van der Waals surface area contributed by atoms with Crippen LogP contribution in [-0.4, -0.2) is 18.5 Å². The van der Waals surface area contributed by atoms with E-state index >= 15 is 0 Å².